The lowest BCUT2D eigenvalue weighted by Gasteiger charge is -2.01. The fraction of sp³-hybridized carbons (Fsp3) is 0.250. The minimum atomic E-state index is -0.462. The van der Waals surface area contributed by atoms with E-state index in [9.17, 15) is 14.9 Å². The summed E-state index contributed by atoms with van der Waals surface area (Å²) in [5.74, 6) is -0.148. The zero-order valence-electron chi connectivity index (χ0n) is 9.56. The predicted octanol–water partition coefficient (Wildman–Crippen LogP) is 2.91. The Bertz CT molecular complexity index is 599. The monoisotopic (exact) mass is 232 g/mol. The lowest BCUT2D eigenvalue weighted by molar-refractivity contribution is -0.384. The lowest BCUT2D eigenvalue weighted by atomic mass is 10.0. The zero-order chi connectivity index (χ0) is 12.6. The van der Waals surface area contributed by atoms with Crippen LogP contribution in [0.2, 0.25) is 0 Å². The Morgan fingerprint density at radius 3 is 2.71 bits per heavy atom. The van der Waals surface area contributed by atoms with E-state index < -0.39 is 4.92 Å². The summed E-state index contributed by atoms with van der Waals surface area (Å²) in [7, 11) is 0. The summed E-state index contributed by atoms with van der Waals surface area (Å²) in [5, 5.41) is 11.3. The number of Topliss-reactive ketones (excluding diaryl/α,β-unsaturated/α-hetero) is 1. The highest BCUT2D eigenvalue weighted by Crippen LogP contribution is 2.25. The van der Waals surface area contributed by atoms with E-state index in [0.29, 0.717) is 10.9 Å². The molecule has 0 radical (unpaired) electrons. The largest absolute Gasteiger partial charge is 0.360 e. The molecule has 0 atom stereocenters. The summed E-state index contributed by atoms with van der Waals surface area (Å²) < 4.78 is 0. The average Bonchev–Trinajstić information content (AvgIpc) is 2.70. The first-order valence-corrected chi connectivity index (χ1v) is 5.30. The summed E-state index contributed by atoms with van der Waals surface area (Å²) in [6.45, 7) is 3.61. The van der Waals surface area contributed by atoms with Crippen LogP contribution < -0.4 is 0 Å². The van der Waals surface area contributed by atoms with E-state index in [1.165, 1.54) is 12.1 Å². The Morgan fingerprint density at radius 2 is 2.12 bits per heavy atom. The van der Waals surface area contributed by atoms with Gasteiger partial charge in [0.15, 0.2) is 5.78 Å². The lowest BCUT2D eigenvalue weighted by Crippen LogP contribution is -2.06. The number of ketones is 1. The summed E-state index contributed by atoms with van der Waals surface area (Å²) in [6, 6.07) is 4.47. The maximum atomic E-state index is 11.9. The molecule has 1 N–H and O–H groups in total. The molecule has 1 heterocycles. The van der Waals surface area contributed by atoms with Gasteiger partial charge in [0.25, 0.3) is 5.69 Å². The fourth-order valence-corrected chi connectivity index (χ4v) is 1.74. The molecular formula is C12H12N2O3. The Kier molecular flexibility index (Phi) is 2.67. The van der Waals surface area contributed by atoms with Crippen molar-refractivity contribution in [3.05, 3.63) is 40.1 Å². The molecule has 5 heteroatoms. The standard InChI is InChI=1S/C12H12N2O3/c1-7(2)12(15)10-6-13-11-4-3-8(14(16)17)5-9(10)11/h3-7,13H,1-2H3. The van der Waals surface area contributed by atoms with Gasteiger partial charge >= 0.3 is 0 Å². The van der Waals surface area contributed by atoms with Gasteiger partial charge in [-0.1, -0.05) is 13.8 Å². The van der Waals surface area contributed by atoms with Gasteiger partial charge in [0.05, 0.1) is 4.92 Å². The third-order valence-electron chi connectivity index (χ3n) is 2.67. The molecule has 0 aliphatic heterocycles. The van der Waals surface area contributed by atoms with Gasteiger partial charge in [0.1, 0.15) is 0 Å². The van der Waals surface area contributed by atoms with Gasteiger partial charge in [-0.2, -0.15) is 0 Å². The van der Waals surface area contributed by atoms with Gasteiger partial charge in [0.2, 0.25) is 0 Å². The van der Waals surface area contributed by atoms with Crippen LogP contribution >= 0.6 is 0 Å². The number of rotatable bonds is 3. The van der Waals surface area contributed by atoms with E-state index in [1.54, 1.807) is 26.1 Å². The summed E-state index contributed by atoms with van der Waals surface area (Å²) in [5.41, 5.74) is 1.24. The highest BCUT2D eigenvalue weighted by Gasteiger charge is 2.17. The van der Waals surface area contributed by atoms with Gasteiger partial charge in [-0.15, -0.1) is 0 Å². The Labute approximate surface area is 97.6 Å². The smallest absolute Gasteiger partial charge is 0.270 e. The molecule has 0 saturated carbocycles. The van der Waals surface area contributed by atoms with E-state index >= 15 is 0 Å². The molecule has 2 rings (SSSR count). The van der Waals surface area contributed by atoms with Gasteiger partial charge < -0.3 is 4.98 Å². The molecule has 17 heavy (non-hydrogen) atoms. The Morgan fingerprint density at radius 1 is 1.41 bits per heavy atom. The van der Waals surface area contributed by atoms with Crippen LogP contribution in [0.4, 0.5) is 5.69 Å². The highest BCUT2D eigenvalue weighted by molar-refractivity contribution is 6.09. The molecule has 1 aromatic carbocycles. The van der Waals surface area contributed by atoms with Gasteiger partial charge in [0, 0.05) is 40.7 Å². The van der Waals surface area contributed by atoms with Crippen LogP contribution in [0.1, 0.15) is 24.2 Å². The SMILES string of the molecule is CC(C)C(=O)c1c[nH]c2ccc([N+](=O)[O-])cc12. The minimum Gasteiger partial charge on any atom is -0.360 e. The van der Waals surface area contributed by atoms with Crippen LogP contribution in [0.3, 0.4) is 0 Å². The van der Waals surface area contributed by atoms with E-state index in [-0.39, 0.29) is 17.4 Å². The third kappa shape index (κ3) is 1.91. The number of aromatic amines is 1. The van der Waals surface area contributed by atoms with Crippen molar-refractivity contribution in [2.45, 2.75) is 13.8 Å². The van der Waals surface area contributed by atoms with Crippen molar-refractivity contribution in [2.24, 2.45) is 5.92 Å². The van der Waals surface area contributed by atoms with Crippen LogP contribution in [0, 0.1) is 16.0 Å². The van der Waals surface area contributed by atoms with Crippen LogP contribution in [-0.4, -0.2) is 15.7 Å². The van der Waals surface area contributed by atoms with Crippen molar-refractivity contribution in [2.75, 3.05) is 0 Å². The van der Waals surface area contributed by atoms with Crippen molar-refractivity contribution in [1.29, 1.82) is 0 Å². The van der Waals surface area contributed by atoms with Crippen molar-refractivity contribution in [1.82, 2.24) is 4.98 Å². The number of hydrogen-bond acceptors (Lipinski definition) is 3. The van der Waals surface area contributed by atoms with Crippen molar-refractivity contribution in [3.63, 3.8) is 0 Å². The van der Waals surface area contributed by atoms with Crippen LogP contribution in [-0.2, 0) is 0 Å². The molecule has 2 aromatic rings. The minimum absolute atomic E-state index is 0.00472. The van der Waals surface area contributed by atoms with Gasteiger partial charge in [-0.3, -0.25) is 14.9 Å². The molecule has 0 saturated heterocycles. The van der Waals surface area contributed by atoms with E-state index in [0.717, 1.165) is 5.52 Å². The zero-order valence-corrected chi connectivity index (χ0v) is 9.56. The van der Waals surface area contributed by atoms with Gasteiger partial charge in [-0.05, 0) is 6.07 Å². The first kappa shape index (κ1) is 11.3. The number of benzene rings is 1. The number of fused-ring (bicyclic) bond motifs is 1. The summed E-state index contributed by atoms with van der Waals surface area (Å²) >= 11 is 0. The molecule has 5 nitrogen and oxygen atoms in total. The maximum Gasteiger partial charge on any atom is 0.270 e. The van der Waals surface area contributed by atoms with Crippen molar-refractivity contribution in [3.8, 4) is 0 Å². The number of nitrogens with one attached hydrogen (secondary N) is 1. The molecule has 0 unspecified atom stereocenters. The molecule has 0 fully saturated rings. The summed E-state index contributed by atoms with van der Waals surface area (Å²) in [4.78, 5) is 25.1. The van der Waals surface area contributed by atoms with E-state index in [4.69, 9.17) is 0 Å². The third-order valence-corrected chi connectivity index (χ3v) is 2.67. The summed E-state index contributed by atoms with van der Waals surface area (Å²) in [6.07, 6.45) is 1.61. The van der Waals surface area contributed by atoms with E-state index in [1.807, 2.05) is 0 Å². The van der Waals surface area contributed by atoms with Crippen LogP contribution in [0.5, 0.6) is 0 Å². The highest BCUT2D eigenvalue weighted by atomic mass is 16.6. The number of H-pyrrole nitrogens is 1. The normalized spacial score (nSPS) is 11.0. The quantitative estimate of drug-likeness (QED) is 0.502. The second-order valence-electron chi connectivity index (χ2n) is 4.21. The molecule has 0 amide bonds. The number of carbonyl (C=O) groups is 1. The van der Waals surface area contributed by atoms with Crippen molar-refractivity contribution >= 4 is 22.4 Å². The van der Waals surface area contributed by atoms with Crippen LogP contribution in [0.25, 0.3) is 10.9 Å². The molecule has 0 aliphatic carbocycles. The predicted molar refractivity (Wildman–Crippen MR) is 64.1 cm³/mol. The number of non-ortho nitro benzene ring substituents is 1. The fourth-order valence-electron chi connectivity index (χ4n) is 1.74. The second kappa shape index (κ2) is 4.01. The molecule has 0 bridgehead atoms. The number of aromatic nitrogens is 1. The van der Waals surface area contributed by atoms with Crippen molar-refractivity contribution < 1.29 is 9.72 Å². The number of nitrogens with zero attached hydrogens (tertiary/aromatic N) is 1. The number of carbonyl (C=O) groups excluding carboxylic acids is 1. The average molecular weight is 232 g/mol. The van der Waals surface area contributed by atoms with Crippen LogP contribution in [0.15, 0.2) is 24.4 Å². The second-order valence-corrected chi connectivity index (χ2v) is 4.21. The van der Waals surface area contributed by atoms with E-state index in [2.05, 4.69) is 4.98 Å². The maximum absolute atomic E-state index is 11.9. The first-order chi connectivity index (χ1) is 8.00. The molecular weight excluding hydrogens is 220 g/mol. The molecule has 0 aliphatic rings. The topological polar surface area (TPSA) is 76.0 Å². The number of nitro benzene ring substituents is 1. The molecule has 0 spiro atoms. The first-order valence-electron chi connectivity index (χ1n) is 5.30. The molecule has 1 aromatic heterocycles. The molecule has 88 valence electrons. The van der Waals surface area contributed by atoms with Gasteiger partial charge in [-0.25, -0.2) is 0 Å². The number of hydrogen-bond donors (Lipinski definition) is 1. The Balaban J connectivity index is 2.62. The number of nitro groups is 1. The Hall–Kier alpha value is -2.17.